The Morgan fingerprint density at radius 1 is 0.704 bits per heavy atom. The van der Waals surface area contributed by atoms with Crippen LogP contribution in [-0.2, 0) is 10.2 Å². The first-order valence-electron chi connectivity index (χ1n) is 17.7. The standard InChI is InChI=1S/C42H42N4O8/c1-42(2,3)25-21-32(36(51-4)33(22-25)45-41(49)50)44-40(48)43-31-20-19-30(28-17-11-12-18-29(28)31)39(47)46-23-34-37(52-26-13-7-5-8-14-26)38(35(24-46)54-34)53-27-15-9-6-10-16-27/h5-22,34-35,37-38,45H,23-24H2,1-4H3,(H,49,50)(H2,43,44,48). The van der Waals surface area contributed by atoms with Crippen LogP contribution in [0.2, 0.25) is 0 Å². The third-order valence-electron chi connectivity index (χ3n) is 9.58. The minimum Gasteiger partial charge on any atom is -0.492 e. The third kappa shape index (κ3) is 7.60. The quantitative estimate of drug-likeness (QED) is 0.119. The van der Waals surface area contributed by atoms with E-state index in [0.29, 0.717) is 46.6 Å². The number of carboxylic acid groups (broad SMARTS) is 1. The minimum absolute atomic E-state index is 0.165. The van der Waals surface area contributed by atoms with E-state index >= 15 is 0 Å². The maximum atomic E-state index is 14.4. The highest BCUT2D eigenvalue weighted by Gasteiger charge is 2.53. The molecular formula is C42H42N4O8. The molecule has 2 fully saturated rings. The number of fused-ring (bicyclic) bond motifs is 3. The summed E-state index contributed by atoms with van der Waals surface area (Å²) in [6, 6.07) is 32.7. The zero-order valence-electron chi connectivity index (χ0n) is 30.4. The number of nitrogens with zero attached hydrogens (tertiary/aromatic N) is 1. The van der Waals surface area contributed by atoms with Crippen molar-refractivity contribution in [2.24, 2.45) is 0 Å². The number of carbonyl (C=O) groups is 3. The minimum atomic E-state index is -1.26. The Kier molecular flexibility index (Phi) is 10.0. The number of benzene rings is 5. The van der Waals surface area contributed by atoms with Crippen LogP contribution < -0.4 is 30.2 Å². The Labute approximate surface area is 313 Å². The smallest absolute Gasteiger partial charge is 0.409 e. The predicted molar refractivity (Wildman–Crippen MR) is 206 cm³/mol. The number of ether oxygens (including phenoxy) is 4. The SMILES string of the molecule is COc1c(NC(=O)O)cc(C(C)(C)C)cc1NC(=O)Nc1ccc(C(=O)N2CC3OC(C2)C(Oc2ccccc2)C3Oc2ccccc2)c2ccccc12. The normalized spacial score (nSPS) is 19.1. The van der Waals surface area contributed by atoms with E-state index in [-0.39, 0.29) is 28.4 Å². The molecule has 0 aliphatic carbocycles. The highest BCUT2D eigenvalue weighted by atomic mass is 16.6. The molecule has 4 N–H and O–H groups in total. The lowest BCUT2D eigenvalue weighted by molar-refractivity contribution is -0.0520. The van der Waals surface area contributed by atoms with Gasteiger partial charge in [0.25, 0.3) is 5.91 Å². The number of urea groups is 1. The molecule has 12 heteroatoms. The zero-order chi connectivity index (χ0) is 38.0. The van der Waals surface area contributed by atoms with E-state index in [4.69, 9.17) is 18.9 Å². The van der Waals surface area contributed by atoms with Crippen molar-refractivity contribution < 1.29 is 38.4 Å². The monoisotopic (exact) mass is 730 g/mol. The summed E-state index contributed by atoms with van der Waals surface area (Å²) in [5.41, 5.74) is 1.86. The fourth-order valence-electron chi connectivity index (χ4n) is 6.99. The van der Waals surface area contributed by atoms with Crippen molar-refractivity contribution in [1.29, 1.82) is 0 Å². The fraction of sp³-hybridized carbons (Fsp3) is 0.262. The molecule has 2 heterocycles. The zero-order valence-corrected chi connectivity index (χ0v) is 30.4. The number of nitrogens with one attached hydrogen (secondary N) is 3. The van der Waals surface area contributed by atoms with Crippen molar-refractivity contribution in [3.05, 3.63) is 120 Å². The number of morpholine rings is 1. The molecule has 0 saturated carbocycles. The molecule has 5 aromatic rings. The van der Waals surface area contributed by atoms with E-state index < -0.39 is 36.5 Å². The van der Waals surface area contributed by atoms with Crippen molar-refractivity contribution in [2.75, 3.05) is 36.1 Å². The summed E-state index contributed by atoms with van der Waals surface area (Å²) >= 11 is 0. The Hall–Kier alpha value is -6.27. The van der Waals surface area contributed by atoms with Crippen molar-refractivity contribution in [3.63, 3.8) is 0 Å². The van der Waals surface area contributed by atoms with Gasteiger partial charge < -0.3 is 39.6 Å². The number of carbonyl (C=O) groups excluding carboxylic acids is 2. The van der Waals surface area contributed by atoms with Crippen molar-refractivity contribution >= 4 is 45.9 Å². The van der Waals surface area contributed by atoms with Gasteiger partial charge in [0.15, 0.2) is 18.0 Å². The number of methoxy groups -OCH3 is 1. The predicted octanol–water partition coefficient (Wildman–Crippen LogP) is 8.00. The van der Waals surface area contributed by atoms with E-state index in [9.17, 15) is 19.5 Å². The lowest BCUT2D eigenvalue weighted by Gasteiger charge is -2.32. The summed E-state index contributed by atoms with van der Waals surface area (Å²) in [6.07, 6.45) is -3.05. The Morgan fingerprint density at radius 3 is 1.76 bits per heavy atom. The lowest BCUT2D eigenvalue weighted by Crippen LogP contribution is -2.48. The Bertz CT molecular complexity index is 2120. The molecule has 4 amide bonds. The number of hydrogen-bond acceptors (Lipinski definition) is 7. The second-order valence-electron chi connectivity index (χ2n) is 14.3. The van der Waals surface area contributed by atoms with Gasteiger partial charge in [-0.2, -0.15) is 0 Å². The summed E-state index contributed by atoms with van der Waals surface area (Å²) in [5.74, 6) is 1.36. The van der Waals surface area contributed by atoms with Crippen LogP contribution in [0.15, 0.2) is 109 Å². The van der Waals surface area contributed by atoms with Gasteiger partial charge in [-0.25, -0.2) is 9.59 Å². The van der Waals surface area contributed by atoms with Gasteiger partial charge in [0.2, 0.25) is 0 Å². The number of likely N-dealkylation sites (tertiary alicyclic amines) is 1. The molecule has 2 bridgehead atoms. The molecule has 0 spiro atoms. The molecule has 5 aromatic carbocycles. The highest BCUT2D eigenvalue weighted by molar-refractivity contribution is 6.13. The van der Waals surface area contributed by atoms with Crippen LogP contribution in [0.3, 0.4) is 0 Å². The summed E-state index contributed by atoms with van der Waals surface area (Å²) in [7, 11) is 1.40. The first-order chi connectivity index (χ1) is 26.0. The van der Waals surface area contributed by atoms with Gasteiger partial charge in [0, 0.05) is 10.9 Å². The maximum absolute atomic E-state index is 14.4. The second kappa shape index (κ2) is 15.0. The lowest BCUT2D eigenvalue weighted by atomic mass is 9.86. The topological polar surface area (TPSA) is 148 Å². The number of rotatable bonds is 9. The van der Waals surface area contributed by atoms with Crippen LogP contribution in [-0.4, -0.2) is 72.7 Å². The molecule has 12 nitrogen and oxygen atoms in total. The van der Waals surface area contributed by atoms with E-state index in [1.807, 2.05) is 106 Å². The first kappa shape index (κ1) is 36.1. The van der Waals surface area contributed by atoms with Crippen LogP contribution in [0, 0.1) is 0 Å². The largest absolute Gasteiger partial charge is 0.492 e. The molecule has 54 heavy (non-hydrogen) atoms. The molecule has 4 atom stereocenters. The van der Waals surface area contributed by atoms with Gasteiger partial charge in [-0.1, -0.05) is 81.4 Å². The number of para-hydroxylation sites is 2. The van der Waals surface area contributed by atoms with Crippen LogP contribution in [0.5, 0.6) is 17.2 Å². The van der Waals surface area contributed by atoms with Crippen LogP contribution in [0.25, 0.3) is 10.8 Å². The van der Waals surface area contributed by atoms with Crippen LogP contribution >= 0.6 is 0 Å². The summed E-state index contributed by atoms with van der Waals surface area (Å²) < 4.78 is 24.9. The maximum Gasteiger partial charge on any atom is 0.409 e. The van der Waals surface area contributed by atoms with Gasteiger partial charge in [-0.15, -0.1) is 0 Å². The summed E-state index contributed by atoms with van der Waals surface area (Å²) in [5, 5.41) is 18.9. The molecule has 0 aromatic heterocycles. The Balaban J connectivity index is 1.13. The average molecular weight is 731 g/mol. The molecule has 2 aliphatic heterocycles. The van der Waals surface area contributed by atoms with Gasteiger partial charge in [-0.05, 0) is 64.9 Å². The van der Waals surface area contributed by atoms with Gasteiger partial charge in [0.1, 0.15) is 23.7 Å². The number of hydrogen-bond donors (Lipinski definition) is 4. The van der Waals surface area contributed by atoms with E-state index in [1.54, 1.807) is 29.2 Å². The van der Waals surface area contributed by atoms with Crippen LogP contribution in [0.4, 0.5) is 26.7 Å². The average Bonchev–Trinajstić information content (AvgIpc) is 3.38. The Morgan fingerprint density at radius 2 is 1.22 bits per heavy atom. The van der Waals surface area contributed by atoms with Crippen LogP contribution in [0.1, 0.15) is 36.7 Å². The second-order valence-corrected chi connectivity index (χ2v) is 14.3. The van der Waals surface area contributed by atoms with Crippen molar-refractivity contribution in [2.45, 2.75) is 50.6 Å². The van der Waals surface area contributed by atoms with Gasteiger partial charge in [0.05, 0.1) is 37.3 Å². The molecule has 2 aliphatic rings. The van der Waals surface area contributed by atoms with Crippen molar-refractivity contribution in [3.8, 4) is 17.2 Å². The summed E-state index contributed by atoms with van der Waals surface area (Å²) in [4.78, 5) is 41.2. The van der Waals surface area contributed by atoms with Crippen molar-refractivity contribution in [1.82, 2.24) is 4.90 Å². The molecule has 0 radical (unpaired) electrons. The molecule has 2 saturated heterocycles. The van der Waals surface area contributed by atoms with E-state index in [1.165, 1.54) is 7.11 Å². The molecule has 7 rings (SSSR count). The van der Waals surface area contributed by atoms with Gasteiger partial charge >= 0.3 is 12.1 Å². The molecule has 4 unspecified atom stereocenters. The third-order valence-corrected chi connectivity index (χ3v) is 9.58. The molecule has 278 valence electrons. The summed E-state index contributed by atoms with van der Waals surface area (Å²) in [6.45, 7) is 6.54. The first-order valence-corrected chi connectivity index (χ1v) is 17.7. The number of amides is 4. The number of anilines is 3. The van der Waals surface area contributed by atoms with Gasteiger partial charge in [-0.3, -0.25) is 10.1 Å². The highest BCUT2D eigenvalue weighted by Crippen LogP contribution is 2.39. The van der Waals surface area contributed by atoms with E-state index in [0.717, 1.165) is 5.56 Å². The molecular weight excluding hydrogens is 688 g/mol. The van der Waals surface area contributed by atoms with E-state index in [2.05, 4.69) is 16.0 Å². The fourth-order valence-corrected chi connectivity index (χ4v) is 6.99.